The van der Waals surface area contributed by atoms with E-state index in [0.717, 1.165) is 0 Å². The van der Waals surface area contributed by atoms with Gasteiger partial charge in [-0.1, -0.05) is 46.4 Å². The van der Waals surface area contributed by atoms with Crippen LogP contribution in [0.2, 0.25) is 20.1 Å². The lowest BCUT2D eigenvalue weighted by Crippen LogP contribution is -1.97. The van der Waals surface area contributed by atoms with E-state index in [2.05, 4.69) is 5.10 Å². The van der Waals surface area contributed by atoms with Gasteiger partial charge in [-0.25, -0.2) is 4.68 Å². The highest BCUT2D eigenvalue weighted by molar-refractivity contribution is 6.50. The first-order valence-corrected chi connectivity index (χ1v) is 5.45. The molecule has 0 saturated carbocycles. The molecule has 6 heteroatoms. The van der Waals surface area contributed by atoms with Gasteiger partial charge in [-0.05, 0) is 12.1 Å². The quantitative estimate of drug-likeness (QED) is 0.556. The molecule has 0 atom stereocenters. The zero-order chi connectivity index (χ0) is 11.0. The number of aromatic nitrogens is 2. The molecule has 2 aromatic rings. The predicted octanol–water partition coefficient (Wildman–Crippen LogP) is 4.49. The van der Waals surface area contributed by atoms with Crippen LogP contribution in [-0.4, -0.2) is 9.78 Å². The van der Waals surface area contributed by atoms with E-state index in [1.54, 1.807) is 18.5 Å². The minimum atomic E-state index is 0.272. The van der Waals surface area contributed by atoms with Crippen LogP contribution < -0.4 is 0 Å². The monoisotopic (exact) mass is 280 g/mol. The summed E-state index contributed by atoms with van der Waals surface area (Å²) in [6, 6.07) is 3.30. The van der Waals surface area contributed by atoms with Crippen molar-refractivity contribution < 1.29 is 0 Å². The first-order valence-electron chi connectivity index (χ1n) is 3.94. The van der Waals surface area contributed by atoms with E-state index in [1.165, 1.54) is 10.7 Å². The van der Waals surface area contributed by atoms with Gasteiger partial charge >= 0.3 is 0 Å². The van der Waals surface area contributed by atoms with Crippen molar-refractivity contribution in [3.8, 4) is 5.69 Å². The summed E-state index contributed by atoms with van der Waals surface area (Å²) in [4.78, 5) is 0. The van der Waals surface area contributed by atoms with Crippen LogP contribution >= 0.6 is 46.4 Å². The lowest BCUT2D eigenvalue weighted by Gasteiger charge is -2.09. The Kier molecular flexibility index (Phi) is 3.12. The molecule has 0 spiro atoms. The number of hydrogen-bond donors (Lipinski definition) is 0. The van der Waals surface area contributed by atoms with Gasteiger partial charge in [0, 0.05) is 12.4 Å². The smallest absolute Gasteiger partial charge is 0.103 e. The van der Waals surface area contributed by atoms with Crippen molar-refractivity contribution in [2.75, 3.05) is 0 Å². The Balaban J connectivity index is 2.72. The van der Waals surface area contributed by atoms with E-state index < -0.39 is 0 Å². The lowest BCUT2D eigenvalue weighted by atomic mass is 10.3. The van der Waals surface area contributed by atoms with Crippen LogP contribution in [0.3, 0.4) is 0 Å². The zero-order valence-corrected chi connectivity index (χ0v) is 10.2. The zero-order valence-electron chi connectivity index (χ0n) is 7.22. The third-order valence-corrected chi connectivity index (χ3v) is 3.36. The second kappa shape index (κ2) is 4.22. The molecule has 1 heterocycles. The SMILES string of the molecule is Clc1cc(Cl)c(-n2cccn2)c(Cl)c1Cl. The molecule has 15 heavy (non-hydrogen) atoms. The van der Waals surface area contributed by atoms with Gasteiger partial charge in [-0.3, -0.25) is 0 Å². The third kappa shape index (κ3) is 1.95. The molecule has 0 aliphatic heterocycles. The van der Waals surface area contributed by atoms with Crippen molar-refractivity contribution in [2.24, 2.45) is 0 Å². The molecular weight excluding hydrogens is 278 g/mol. The lowest BCUT2D eigenvalue weighted by molar-refractivity contribution is 0.881. The number of rotatable bonds is 1. The number of halogens is 4. The molecule has 1 aromatic heterocycles. The van der Waals surface area contributed by atoms with Gasteiger partial charge in [-0.2, -0.15) is 5.10 Å². The summed E-state index contributed by atoms with van der Waals surface area (Å²) in [5, 5.41) is 5.31. The fraction of sp³-hybridized carbons (Fsp3) is 0. The van der Waals surface area contributed by atoms with Crippen LogP contribution in [0.5, 0.6) is 0 Å². The molecule has 0 amide bonds. The maximum atomic E-state index is 6.03. The molecule has 0 fully saturated rings. The van der Waals surface area contributed by atoms with Gasteiger partial charge in [0.1, 0.15) is 5.69 Å². The Morgan fingerprint density at radius 3 is 2.33 bits per heavy atom. The highest BCUT2D eigenvalue weighted by atomic mass is 35.5. The van der Waals surface area contributed by atoms with Crippen LogP contribution in [0.15, 0.2) is 24.5 Å². The van der Waals surface area contributed by atoms with Crippen LogP contribution in [-0.2, 0) is 0 Å². The van der Waals surface area contributed by atoms with Gasteiger partial charge in [0.15, 0.2) is 0 Å². The van der Waals surface area contributed by atoms with Crippen LogP contribution in [0.25, 0.3) is 5.69 Å². The fourth-order valence-corrected chi connectivity index (χ4v) is 2.25. The second-order valence-electron chi connectivity index (χ2n) is 2.77. The Labute approximate surface area is 106 Å². The van der Waals surface area contributed by atoms with Crippen molar-refractivity contribution in [1.82, 2.24) is 9.78 Å². The maximum Gasteiger partial charge on any atom is 0.103 e. The van der Waals surface area contributed by atoms with Crippen molar-refractivity contribution in [3.63, 3.8) is 0 Å². The summed E-state index contributed by atoms with van der Waals surface area (Å²) in [5.41, 5.74) is 0.526. The number of nitrogens with zero attached hydrogens (tertiary/aromatic N) is 2. The van der Waals surface area contributed by atoms with E-state index in [4.69, 9.17) is 46.4 Å². The minimum absolute atomic E-state index is 0.272. The van der Waals surface area contributed by atoms with E-state index >= 15 is 0 Å². The third-order valence-electron chi connectivity index (χ3n) is 1.82. The predicted molar refractivity (Wildman–Crippen MR) is 63.6 cm³/mol. The van der Waals surface area contributed by atoms with Gasteiger partial charge in [0.25, 0.3) is 0 Å². The molecule has 0 bridgehead atoms. The van der Waals surface area contributed by atoms with Crippen LogP contribution in [0, 0.1) is 0 Å². The first kappa shape index (κ1) is 11.1. The Bertz CT molecular complexity index is 493. The molecule has 2 nitrogen and oxygen atoms in total. The van der Waals surface area contributed by atoms with E-state index in [9.17, 15) is 0 Å². The summed E-state index contributed by atoms with van der Waals surface area (Å²) in [5.74, 6) is 0. The van der Waals surface area contributed by atoms with Crippen LogP contribution in [0.1, 0.15) is 0 Å². The van der Waals surface area contributed by atoms with Crippen molar-refractivity contribution in [1.29, 1.82) is 0 Å². The molecule has 0 N–H and O–H groups in total. The fourth-order valence-electron chi connectivity index (χ4n) is 1.17. The second-order valence-corrected chi connectivity index (χ2v) is 4.34. The molecule has 2 rings (SSSR count). The Morgan fingerprint density at radius 2 is 1.73 bits per heavy atom. The Hall–Kier alpha value is -0.410. The standard InChI is InChI=1S/C9H4Cl4N2/c10-5-4-6(11)9(8(13)7(5)12)15-3-1-2-14-15/h1-4H. The number of hydrogen-bond acceptors (Lipinski definition) is 1. The topological polar surface area (TPSA) is 17.8 Å². The molecule has 0 unspecified atom stereocenters. The minimum Gasteiger partial charge on any atom is -0.238 e. The molecule has 0 aliphatic rings. The van der Waals surface area contributed by atoms with Crippen molar-refractivity contribution in [3.05, 3.63) is 44.6 Å². The normalized spacial score (nSPS) is 10.7. The van der Waals surface area contributed by atoms with Gasteiger partial charge < -0.3 is 0 Å². The van der Waals surface area contributed by atoms with Crippen LogP contribution in [0.4, 0.5) is 0 Å². The molecule has 0 aliphatic carbocycles. The molecule has 0 saturated heterocycles. The van der Waals surface area contributed by atoms with E-state index in [0.29, 0.717) is 15.7 Å². The summed E-state index contributed by atoms with van der Waals surface area (Å²) in [6.07, 6.45) is 3.34. The Morgan fingerprint density at radius 1 is 1.00 bits per heavy atom. The van der Waals surface area contributed by atoms with E-state index in [1.807, 2.05) is 0 Å². The average Bonchev–Trinajstić information content (AvgIpc) is 2.68. The van der Waals surface area contributed by atoms with Crippen molar-refractivity contribution >= 4 is 46.4 Å². The molecule has 0 radical (unpaired) electrons. The first-order chi connectivity index (χ1) is 7.11. The maximum absolute atomic E-state index is 6.03. The highest BCUT2D eigenvalue weighted by Crippen LogP contribution is 2.39. The summed E-state index contributed by atoms with van der Waals surface area (Å²) in [7, 11) is 0. The van der Waals surface area contributed by atoms with Gasteiger partial charge in [-0.15, -0.1) is 0 Å². The van der Waals surface area contributed by atoms with E-state index in [-0.39, 0.29) is 10.0 Å². The average molecular weight is 282 g/mol. The molecule has 78 valence electrons. The van der Waals surface area contributed by atoms with Gasteiger partial charge in [0.05, 0.1) is 20.1 Å². The summed E-state index contributed by atoms with van der Waals surface area (Å²) < 4.78 is 1.53. The largest absolute Gasteiger partial charge is 0.238 e. The summed E-state index contributed by atoms with van der Waals surface area (Å²) in [6.45, 7) is 0. The van der Waals surface area contributed by atoms with Crippen molar-refractivity contribution in [2.45, 2.75) is 0 Å². The number of benzene rings is 1. The molecular formula is C9H4Cl4N2. The molecule has 1 aromatic carbocycles. The van der Waals surface area contributed by atoms with Gasteiger partial charge in [0.2, 0.25) is 0 Å². The summed E-state index contributed by atoms with van der Waals surface area (Å²) >= 11 is 23.8. The highest BCUT2D eigenvalue weighted by Gasteiger charge is 2.15.